The van der Waals surface area contributed by atoms with E-state index >= 15 is 0 Å². The molecule has 102 valence electrons. The summed E-state index contributed by atoms with van der Waals surface area (Å²) in [7, 11) is 1.64. The number of anilines is 1. The summed E-state index contributed by atoms with van der Waals surface area (Å²) in [5.41, 5.74) is 7.33. The molecule has 0 unspecified atom stereocenters. The van der Waals surface area contributed by atoms with Gasteiger partial charge in [0.15, 0.2) is 5.82 Å². The van der Waals surface area contributed by atoms with Crippen molar-refractivity contribution in [3.8, 4) is 11.4 Å². The van der Waals surface area contributed by atoms with Crippen LogP contribution in [0.1, 0.15) is 0 Å². The van der Waals surface area contributed by atoms with Crippen LogP contribution in [0, 0.1) is 0 Å². The summed E-state index contributed by atoms with van der Waals surface area (Å²) in [5.74, 6) is 0.683. The van der Waals surface area contributed by atoms with Crippen LogP contribution in [0.25, 0.3) is 11.4 Å². The summed E-state index contributed by atoms with van der Waals surface area (Å²) in [4.78, 5) is 0. The summed E-state index contributed by atoms with van der Waals surface area (Å²) in [6.07, 6.45) is 0. The average Bonchev–Trinajstić information content (AvgIpc) is 2.87. The maximum absolute atomic E-state index is 5.75. The fourth-order valence-electron chi connectivity index (χ4n) is 1.64. The van der Waals surface area contributed by atoms with Crippen LogP contribution < -0.4 is 5.73 Å². The Bertz CT molecular complexity index is 514. The van der Waals surface area contributed by atoms with Crippen molar-refractivity contribution in [2.75, 3.05) is 32.7 Å². The van der Waals surface area contributed by atoms with Crippen molar-refractivity contribution < 1.29 is 9.47 Å². The van der Waals surface area contributed by atoms with Gasteiger partial charge < -0.3 is 15.2 Å². The smallest absolute Gasteiger partial charge is 0.182 e. The number of ether oxygens (including phenoxy) is 2. The van der Waals surface area contributed by atoms with Crippen molar-refractivity contribution in [1.29, 1.82) is 0 Å². The molecular formula is C12H17N5O2. The number of hydrogen-bond acceptors (Lipinski definition) is 6. The van der Waals surface area contributed by atoms with E-state index in [0.717, 1.165) is 5.56 Å². The Kier molecular flexibility index (Phi) is 4.82. The number of nitrogen functional groups attached to an aromatic ring is 1. The molecule has 0 spiro atoms. The minimum absolute atomic E-state index is 0.531. The second-order valence-corrected chi connectivity index (χ2v) is 3.96. The van der Waals surface area contributed by atoms with Crippen LogP contribution in [0.3, 0.4) is 0 Å². The van der Waals surface area contributed by atoms with Crippen LogP contribution in [0.15, 0.2) is 24.3 Å². The Balaban J connectivity index is 1.98. The molecular weight excluding hydrogens is 246 g/mol. The van der Waals surface area contributed by atoms with Gasteiger partial charge in [0.2, 0.25) is 0 Å². The first-order chi connectivity index (χ1) is 9.31. The van der Waals surface area contributed by atoms with Crippen molar-refractivity contribution in [3.05, 3.63) is 24.3 Å². The molecule has 0 amide bonds. The summed E-state index contributed by atoms with van der Waals surface area (Å²) in [6.45, 7) is 2.26. The lowest BCUT2D eigenvalue weighted by molar-refractivity contribution is 0.0654. The van der Waals surface area contributed by atoms with Gasteiger partial charge in [0, 0.05) is 18.4 Å². The number of tetrazole rings is 1. The van der Waals surface area contributed by atoms with Gasteiger partial charge >= 0.3 is 0 Å². The van der Waals surface area contributed by atoms with Gasteiger partial charge in [-0.05, 0) is 22.6 Å². The second-order valence-electron chi connectivity index (χ2n) is 3.96. The Morgan fingerprint density at radius 2 is 2.16 bits per heavy atom. The number of nitrogens with two attached hydrogens (primary N) is 1. The molecule has 0 fully saturated rings. The Morgan fingerprint density at radius 1 is 1.26 bits per heavy atom. The van der Waals surface area contributed by atoms with Crippen molar-refractivity contribution in [2.24, 2.45) is 0 Å². The largest absolute Gasteiger partial charge is 0.399 e. The fourth-order valence-corrected chi connectivity index (χ4v) is 1.64. The fraction of sp³-hybridized carbons (Fsp3) is 0.417. The Hall–Kier alpha value is -1.99. The minimum atomic E-state index is 0.531. The van der Waals surface area contributed by atoms with Crippen molar-refractivity contribution >= 4 is 5.69 Å². The van der Waals surface area contributed by atoms with Gasteiger partial charge in [-0.1, -0.05) is 12.1 Å². The molecule has 2 aromatic rings. The number of aromatic nitrogens is 4. The third kappa shape index (κ3) is 3.73. The molecule has 0 aliphatic carbocycles. The third-order valence-corrected chi connectivity index (χ3v) is 2.56. The average molecular weight is 263 g/mol. The van der Waals surface area contributed by atoms with E-state index in [1.807, 2.05) is 24.3 Å². The van der Waals surface area contributed by atoms with E-state index in [0.29, 0.717) is 37.9 Å². The van der Waals surface area contributed by atoms with Crippen LogP contribution in [-0.4, -0.2) is 47.1 Å². The van der Waals surface area contributed by atoms with Crippen molar-refractivity contribution in [3.63, 3.8) is 0 Å². The van der Waals surface area contributed by atoms with Gasteiger partial charge in [0.25, 0.3) is 0 Å². The zero-order valence-electron chi connectivity index (χ0n) is 10.8. The Morgan fingerprint density at radius 3 is 2.95 bits per heavy atom. The van der Waals surface area contributed by atoms with E-state index < -0.39 is 0 Å². The topological polar surface area (TPSA) is 88.1 Å². The van der Waals surface area contributed by atoms with Crippen molar-refractivity contribution in [2.45, 2.75) is 6.54 Å². The first-order valence-corrected chi connectivity index (χ1v) is 6.00. The molecule has 0 aliphatic rings. The summed E-state index contributed by atoms with van der Waals surface area (Å²) in [6, 6.07) is 7.46. The lowest BCUT2D eigenvalue weighted by Crippen LogP contribution is -2.11. The summed E-state index contributed by atoms with van der Waals surface area (Å²) < 4.78 is 12.0. The van der Waals surface area contributed by atoms with Crippen LogP contribution in [0.2, 0.25) is 0 Å². The maximum atomic E-state index is 5.75. The van der Waals surface area contributed by atoms with Gasteiger partial charge in [-0.2, -0.15) is 0 Å². The highest BCUT2D eigenvalue weighted by molar-refractivity contribution is 5.60. The predicted octanol–water partition coefficient (Wildman–Crippen LogP) is 0.585. The highest BCUT2D eigenvalue weighted by atomic mass is 16.5. The van der Waals surface area contributed by atoms with Crippen LogP contribution >= 0.6 is 0 Å². The van der Waals surface area contributed by atoms with Gasteiger partial charge in [0.05, 0.1) is 26.4 Å². The molecule has 7 nitrogen and oxygen atoms in total. The van der Waals surface area contributed by atoms with E-state index in [9.17, 15) is 0 Å². The minimum Gasteiger partial charge on any atom is -0.399 e. The molecule has 2 rings (SSSR count). The van der Waals surface area contributed by atoms with Gasteiger partial charge in [-0.25, -0.2) is 4.68 Å². The van der Waals surface area contributed by atoms with Gasteiger partial charge in [-0.15, -0.1) is 5.10 Å². The van der Waals surface area contributed by atoms with E-state index in [1.54, 1.807) is 11.8 Å². The molecule has 19 heavy (non-hydrogen) atoms. The Labute approximate surface area is 111 Å². The highest BCUT2D eigenvalue weighted by Gasteiger charge is 2.08. The SMILES string of the molecule is COCCOCCn1nnnc1-c1cccc(N)c1. The molecule has 0 bridgehead atoms. The molecule has 0 atom stereocenters. The number of nitrogens with zero attached hydrogens (tertiary/aromatic N) is 4. The van der Waals surface area contributed by atoms with Crippen LogP contribution in [0.4, 0.5) is 5.69 Å². The predicted molar refractivity (Wildman–Crippen MR) is 70.4 cm³/mol. The van der Waals surface area contributed by atoms with Gasteiger partial charge in [-0.3, -0.25) is 0 Å². The zero-order valence-corrected chi connectivity index (χ0v) is 10.8. The van der Waals surface area contributed by atoms with E-state index in [1.165, 1.54) is 0 Å². The second kappa shape index (κ2) is 6.81. The van der Waals surface area contributed by atoms with E-state index in [2.05, 4.69) is 15.5 Å². The van der Waals surface area contributed by atoms with Crippen LogP contribution in [0.5, 0.6) is 0 Å². The molecule has 0 aliphatic heterocycles. The number of benzene rings is 1. The maximum Gasteiger partial charge on any atom is 0.182 e. The molecule has 7 heteroatoms. The lowest BCUT2D eigenvalue weighted by atomic mass is 10.2. The molecule has 0 saturated heterocycles. The number of methoxy groups -OCH3 is 1. The van der Waals surface area contributed by atoms with Crippen molar-refractivity contribution in [1.82, 2.24) is 20.2 Å². The van der Waals surface area contributed by atoms with E-state index in [-0.39, 0.29) is 0 Å². The third-order valence-electron chi connectivity index (χ3n) is 2.56. The van der Waals surface area contributed by atoms with Gasteiger partial charge in [0.1, 0.15) is 0 Å². The molecule has 1 heterocycles. The van der Waals surface area contributed by atoms with Crippen LogP contribution in [-0.2, 0) is 16.0 Å². The number of hydrogen-bond donors (Lipinski definition) is 1. The zero-order chi connectivity index (χ0) is 13.5. The summed E-state index contributed by atoms with van der Waals surface area (Å²) in [5, 5.41) is 11.6. The first kappa shape index (κ1) is 13.4. The lowest BCUT2D eigenvalue weighted by Gasteiger charge is -2.06. The number of rotatable bonds is 7. The first-order valence-electron chi connectivity index (χ1n) is 6.00. The monoisotopic (exact) mass is 263 g/mol. The molecule has 2 N–H and O–H groups in total. The molecule has 1 aromatic carbocycles. The molecule has 0 radical (unpaired) electrons. The normalized spacial score (nSPS) is 10.8. The standard InChI is InChI=1S/C12H17N5O2/c1-18-7-8-19-6-5-17-12(14-15-16-17)10-3-2-4-11(13)9-10/h2-4,9H,5-8,13H2,1H3. The molecule has 1 aromatic heterocycles. The summed E-state index contributed by atoms with van der Waals surface area (Å²) >= 11 is 0. The molecule has 0 saturated carbocycles. The highest BCUT2D eigenvalue weighted by Crippen LogP contribution is 2.17. The quantitative estimate of drug-likeness (QED) is 0.581. The van der Waals surface area contributed by atoms with E-state index in [4.69, 9.17) is 15.2 Å².